The Labute approximate surface area is 219 Å². The van der Waals surface area contributed by atoms with Crippen LogP contribution in [-0.2, 0) is 0 Å². The number of halogens is 7. The Balaban J connectivity index is -0.000000199. The second-order valence-corrected chi connectivity index (χ2v) is 46.0. The van der Waals surface area contributed by atoms with Crippen molar-refractivity contribution in [3.05, 3.63) is 0 Å². The van der Waals surface area contributed by atoms with Crippen LogP contribution in [0.1, 0.15) is 19.8 Å². The van der Waals surface area contributed by atoms with Crippen molar-refractivity contribution in [3.8, 4) is 0 Å². The zero-order chi connectivity index (χ0) is 23.6. The monoisotopic (exact) mass is 636 g/mol. The molecule has 3 N–H and O–H groups in total. The lowest BCUT2D eigenvalue weighted by Crippen LogP contribution is -2.59. The molecule has 0 aliphatic heterocycles. The number of rotatable bonds is 8. The van der Waals surface area contributed by atoms with Crippen LogP contribution >= 0.6 is 77.6 Å². The van der Waals surface area contributed by atoms with E-state index in [2.05, 4.69) is 43.5 Å². The van der Waals surface area contributed by atoms with Crippen LogP contribution in [0.4, 0.5) is 0 Å². The van der Waals surface area contributed by atoms with E-state index in [1.165, 1.54) is 6.54 Å². The first-order valence-electron chi connectivity index (χ1n) is 9.50. The molecular formula is C15H43Cl7N2Si5. The van der Waals surface area contributed by atoms with Gasteiger partial charge in [0.25, 0.3) is 0 Å². The van der Waals surface area contributed by atoms with Gasteiger partial charge in [0.05, 0.1) is 0 Å². The normalized spacial score (nSPS) is 13.0. The van der Waals surface area contributed by atoms with Crippen molar-refractivity contribution in [1.82, 2.24) is 10.4 Å². The standard InChI is InChI=1S/C10H27Cl2NSi3.C3H7Cl3Si.C2H6Cl2Si.H3N/c1-14(2,3)13(15(4,5)6)9-8-10-16(7,11)12;1-2-3-7(4,5)6;1-5(2,3)4;/h8-10H2,1-7H3;2-3H2,1H3;1-2H3;1H3. The van der Waals surface area contributed by atoms with E-state index in [0.717, 1.165) is 24.9 Å². The van der Waals surface area contributed by atoms with Gasteiger partial charge in [0.1, 0.15) is 16.5 Å². The summed E-state index contributed by atoms with van der Waals surface area (Å²) in [6.45, 7) is 20.0. The molecule has 0 aliphatic rings. The highest BCUT2D eigenvalue weighted by Gasteiger charge is 2.34. The maximum absolute atomic E-state index is 6.15. The largest absolute Gasteiger partial charge is 0.346 e. The first kappa shape index (κ1) is 39.3. The van der Waals surface area contributed by atoms with Crippen LogP contribution < -0.4 is 6.15 Å². The molecule has 0 aromatic heterocycles. The summed E-state index contributed by atoms with van der Waals surface area (Å²) in [6.07, 6.45) is 2.13. The van der Waals surface area contributed by atoms with Crippen molar-refractivity contribution < 1.29 is 0 Å². The Kier molecular flexibility index (Phi) is 22.5. The maximum atomic E-state index is 6.15. The van der Waals surface area contributed by atoms with E-state index in [9.17, 15) is 0 Å². The minimum Gasteiger partial charge on any atom is -0.346 e. The molecule has 0 bridgehead atoms. The fourth-order valence-corrected chi connectivity index (χ4v) is 16.1. The fourth-order valence-electron chi connectivity index (χ4n) is 2.51. The predicted octanol–water partition coefficient (Wildman–Crippen LogP) is 10.3. The van der Waals surface area contributed by atoms with E-state index in [1.54, 1.807) is 0 Å². The van der Waals surface area contributed by atoms with Crippen LogP contribution in [0.5, 0.6) is 0 Å². The molecule has 0 aromatic carbocycles. The molecule has 0 heterocycles. The van der Waals surface area contributed by atoms with E-state index in [-0.39, 0.29) is 6.15 Å². The molecule has 0 aromatic rings. The zero-order valence-corrected chi connectivity index (χ0v) is 30.1. The third-order valence-electron chi connectivity index (χ3n) is 3.15. The molecule has 0 rings (SSSR count). The predicted molar refractivity (Wildman–Crippen MR) is 159 cm³/mol. The molecule has 0 fully saturated rings. The van der Waals surface area contributed by atoms with Crippen molar-refractivity contribution in [2.75, 3.05) is 6.54 Å². The molecule has 0 amide bonds. The highest BCUT2D eigenvalue weighted by Crippen LogP contribution is 2.26. The van der Waals surface area contributed by atoms with Gasteiger partial charge in [-0.3, -0.25) is 0 Å². The second-order valence-electron chi connectivity index (χ2n) is 9.36. The van der Waals surface area contributed by atoms with Gasteiger partial charge in [0.2, 0.25) is 13.4 Å². The SMILES string of the molecule is CCC[Si](Cl)(Cl)Cl.C[Si](C)(Cl)Cl.C[Si](Cl)(Cl)CCCN([Si](C)(C)C)[Si](C)(C)C.N. The van der Waals surface area contributed by atoms with Gasteiger partial charge in [-0.2, -0.15) is 0 Å². The van der Waals surface area contributed by atoms with Gasteiger partial charge in [-0.1, -0.05) is 52.6 Å². The van der Waals surface area contributed by atoms with Crippen LogP contribution in [0.15, 0.2) is 0 Å². The molecule has 0 unspecified atom stereocenters. The quantitative estimate of drug-likeness (QED) is 0.212. The Morgan fingerprint density at radius 1 is 0.621 bits per heavy atom. The minimum atomic E-state index is -2.24. The van der Waals surface area contributed by atoms with Gasteiger partial charge >= 0.3 is 6.00 Å². The molecule has 2 nitrogen and oxygen atoms in total. The van der Waals surface area contributed by atoms with Gasteiger partial charge in [0.15, 0.2) is 0 Å². The second kappa shape index (κ2) is 16.6. The van der Waals surface area contributed by atoms with Crippen LogP contribution in [0, 0.1) is 0 Å². The van der Waals surface area contributed by atoms with Gasteiger partial charge in [-0.25, -0.2) is 0 Å². The Hall–Kier alpha value is 3.03. The fraction of sp³-hybridized carbons (Fsp3) is 1.00. The van der Waals surface area contributed by atoms with Crippen molar-refractivity contribution >= 4 is 113 Å². The van der Waals surface area contributed by atoms with E-state index in [1.807, 2.05) is 26.6 Å². The Bertz CT molecular complexity index is 380. The molecule has 0 atom stereocenters. The molecular weight excluding hydrogens is 597 g/mol. The summed E-state index contributed by atoms with van der Waals surface area (Å²) in [5.41, 5.74) is 0. The van der Waals surface area contributed by atoms with Gasteiger partial charge in [0, 0.05) is 0 Å². The van der Waals surface area contributed by atoms with Crippen molar-refractivity contribution in [1.29, 1.82) is 0 Å². The van der Waals surface area contributed by atoms with Crippen molar-refractivity contribution in [2.24, 2.45) is 0 Å². The summed E-state index contributed by atoms with van der Waals surface area (Å²) in [5.74, 6) is 0. The van der Waals surface area contributed by atoms with Gasteiger partial charge in [-0.05, 0) is 44.7 Å². The average Bonchev–Trinajstić information content (AvgIpc) is 2.27. The van der Waals surface area contributed by atoms with E-state index in [0.29, 0.717) is 0 Å². The summed E-state index contributed by atoms with van der Waals surface area (Å²) in [6, 6.07) is -0.450. The topological polar surface area (TPSA) is 38.2 Å². The van der Waals surface area contributed by atoms with Crippen LogP contribution in [0.2, 0.25) is 71.0 Å². The summed E-state index contributed by atoms with van der Waals surface area (Å²) in [4.78, 5) is 0. The maximum Gasteiger partial charge on any atom is 0.341 e. The Morgan fingerprint density at radius 2 is 0.931 bits per heavy atom. The molecule has 14 heteroatoms. The third-order valence-corrected chi connectivity index (χ3v) is 16.0. The molecule has 0 aliphatic carbocycles. The minimum absolute atomic E-state index is 0. The first-order valence-corrected chi connectivity index (χ1v) is 31.4. The lowest BCUT2D eigenvalue weighted by atomic mass is 10.5. The Morgan fingerprint density at radius 3 is 1.07 bits per heavy atom. The van der Waals surface area contributed by atoms with E-state index >= 15 is 0 Å². The molecule has 0 spiro atoms. The lowest BCUT2D eigenvalue weighted by molar-refractivity contribution is 0.600. The van der Waals surface area contributed by atoms with Crippen LogP contribution in [0.25, 0.3) is 0 Å². The number of hydrogen-bond acceptors (Lipinski definition) is 2. The van der Waals surface area contributed by atoms with Crippen LogP contribution in [0.3, 0.4) is 0 Å². The average molecular weight is 640 g/mol. The summed E-state index contributed by atoms with van der Waals surface area (Å²) in [7, 11) is -2.39. The molecule has 0 saturated carbocycles. The summed E-state index contributed by atoms with van der Waals surface area (Å²) < 4.78 is 2.80. The van der Waals surface area contributed by atoms with Crippen LogP contribution in [-0.4, -0.2) is 46.6 Å². The van der Waals surface area contributed by atoms with E-state index < -0.39 is 35.9 Å². The van der Waals surface area contributed by atoms with E-state index in [4.69, 9.17) is 77.6 Å². The molecule has 0 radical (unpaired) electrons. The van der Waals surface area contributed by atoms with Crippen molar-refractivity contribution in [2.45, 2.75) is 90.8 Å². The summed E-state index contributed by atoms with van der Waals surface area (Å²) >= 11 is 39.7. The first-order chi connectivity index (χ1) is 11.9. The highest BCUT2D eigenvalue weighted by molar-refractivity contribution is 7.64. The molecule has 29 heavy (non-hydrogen) atoms. The van der Waals surface area contributed by atoms with Crippen molar-refractivity contribution in [3.63, 3.8) is 0 Å². The van der Waals surface area contributed by atoms with Gasteiger partial charge in [-0.15, -0.1) is 77.6 Å². The molecule has 0 saturated heterocycles. The van der Waals surface area contributed by atoms with Gasteiger partial charge < -0.3 is 10.4 Å². The zero-order valence-electron chi connectivity index (χ0n) is 19.8. The number of nitrogens with zero attached hydrogens (tertiary/aromatic N) is 1. The smallest absolute Gasteiger partial charge is 0.341 e. The third kappa shape index (κ3) is 38.6. The highest BCUT2D eigenvalue weighted by atomic mass is 35.8. The summed E-state index contributed by atoms with van der Waals surface area (Å²) in [5, 5.41) is 0. The number of hydrogen-bond donors (Lipinski definition) is 1. The molecule has 182 valence electrons. The lowest BCUT2D eigenvalue weighted by Gasteiger charge is -2.43.